The van der Waals surface area contributed by atoms with E-state index in [1.807, 2.05) is 13.8 Å². The molecule has 2 aliphatic rings. The van der Waals surface area contributed by atoms with Crippen LogP contribution in [0.15, 0.2) is 12.1 Å². The number of amides is 1. The minimum Gasteiger partial charge on any atom is -0.349 e. The van der Waals surface area contributed by atoms with E-state index < -0.39 is 0 Å². The van der Waals surface area contributed by atoms with Crippen LogP contribution < -0.4 is 10.6 Å². The van der Waals surface area contributed by atoms with Crippen LogP contribution in [0.1, 0.15) is 27.0 Å². The largest absolute Gasteiger partial charge is 0.349 e. The first kappa shape index (κ1) is 11.7. The third kappa shape index (κ3) is 1.83. The fourth-order valence-corrected chi connectivity index (χ4v) is 3.39. The van der Waals surface area contributed by atoms with Crippen LogP contribution in [-0.4, -0.2) is 25.0 Å². The minimum absolute atomic E-state index is 0.101. The lowest BCUT2D eigenvalue weighted by Crippen LogP contribution is -2.33. The van der Waals surface area contributed by atoms with Crippen molar-refractivity contribution in [2.45, 2.75) is 26.8 Å². The van der Waals surface area contributed by atoms with Crippen LogP contribution in [0, 0.1) is 32.6 Å². The van der Waals surface area contributed by atoms with Gasteiger partial charge in [-0.25, -0.2) is 0 Å². The molecule has 1 saturated heterocycles. The Bertz CT molecular complexity index is 476. The molecule has 3 heteroatoms. The molecule has 1 aromatic rings. The highest BCUT2D eigenvalue weighted by Crippen LogP contribution is 2.41. The molecule has 3 nitrogen and oxygen atoms in total. The molecule has 2 N–H and O–H groups in total. The molecule has 1 amide bonds. The zero-order valence-corrected chi connectivity index (χ0v) is 11.2. The quantitative estimate of drug-likeness (QED) is 0.829. The Hall–Kier alpha value is -1.35. The Kier molecular flexibility index (Phi) is 2.67. The molecular weight excluding hydrogens is 224 g/mol. The lowest BCUT2D eigenvalue weighted by molar-refractivity contribution is 0.0945. The fourth-order valence-electron chi connectivity index (χ4n) is 3.39. The van der Waals surface area contributed by atoms with Crippen molar-refractivity contribution in [3.05, 3.63) is 34.4 Å². The lowest BCUT2D eigenvalue weighted by Gasteiger charge is -2.13. The second kappa shape index (κ2) is 4.09. The van der Waals surface area contributed by atoms with E-state index in [0.717, 1.165) is 29.8 Å². The van der Waals surface area contributed by atoms with Gasteiger partial charge >= 0.3 is 0 Å². The highest BCUT2D eigenvalue weighted by atomic mass is 16.1. The van der Waals surface area contributed by atoms with E-state index in [0.29, 0.717) is 17.9 Å². The van der Waals surface area contributed by atoms with Gasteiger partial charge in [0.15, 0.2) is 0 Å². The first-order valence-electron chi connectivity index (χ1n) is 6.67. The maximum atomic E-state index is 12.3. The normalized spacial score (nSPS) is 28.9. The van der Waals surface area contributed by atoms with Gasteiger partial charge < -0.3 is 10.6 Å². The molecule has 1 saturated carbocycles. The second-order valence-electron chi connectivity index (χ2n) is 5.76. The van der Waals surface area contributed by atoms with Crippen LogP contribution >= 0.6 is 0 Å². The van der Waals surface area contributed by atoms with Gasteiger partial charge in [0.2, 0.25) is 0 Å². The lowest BCUT2D eigenvalue weighted by atomic mass is 9.99. The van der Waals surface area contributed by atoms with Crippen molar-refractivity contribution < 1.29 is 4.79 Å². The summed E-state index contributed by atoms with van der Waals surface area (Å²) in [4.78, 5) is 12.3. The molecule has 96 valence electrons. The third-order valence-corrected chi connectivity index (χ3v) is 4.29. The number of hydrogen-bond acceptors (Lipinski definition) is 2. The van der Waals surface area contributed by atoms with Gasteiger partial charge in [-0.3, -0.25) is 4.79 Å². The fraction of sp³-hybridized carbons (Fsp3) is 0.533. The summed E-state index contributed by atoms with van der Waals surface area (Å²) in [5, 5.41) is 6.54. The summed E-state index contributed by atoms with van der Waals surface area (Å²) >= 11 is 0. The van der Waals surface area contributed by atoms with Crippen molar-refractivity contribution in [1.29, 1.82) is 0 Å². The maximum absolute atomic E-state index is 12.3. The van der Waals surface area contributed by atoms with Crippen LogP contribution in [0.25, 0.3) is 0 Å². The standard InChI is InChI=1S/C15H20N2O/c1-8-4-9(2)13(10(3)5-8)15(18)17-14-11-6-16-7-12(11)14/h4-5,11-12,14,16H,6-7H2,1-3H3,(H,17,18). The SMILES string of the molecule is Cc1cc(C)c(C(=O)NC2C3CNCC32)c(C)c1. The molecule has 3 rings (SSSR count). The van der Waals surface area contributed by atoms with E-state index in [-0.39, 0.29) is 5.91 Å². The molecule has 0 spiro atoms. The number of benzene rings is 1. The molecular formula is C15H20N2O. The van der Waals surface area contributed by atoms with E-state index in [4.69, 9.17) is 0 Å². The first-order valence-corrected chi connectivity index (χ1v) is 6.67. The Labute approximate surface area is 108 Å². The van der Waals surface area contributed by atoms with Gasteiger partial charge in [0.05, 0.1) is 0 Å². The molecule has 0 bridgehead atoms. The summed E-state index contributed by atoms with van der Waals surface area (Å²) in [6.07, 6.45) is 0. The average Bonchev–Trinajstić information content (AvgIpc) is 2.72. The van der Waals surface area contributed by atoms with Crippen LogP contribution in [0.2, 0.25) is 0 Å². The van der Waals surface area contributed by atoms with Crippen molar-refractivity contribution >= 4 is 5.91 Å². The molecule has 2 unspecified atom stereocenters. The van der Waals surface area contributed by atoms with Gasteiger partial charge in [-0.05, 0) is 43.7 Å². The zero-order valence-electron chi connectivity index (χ0n) is 11.2. The van der Waals surface area contributed by atoms with Gasteiger partial charge in [0.25, 0.3) is 5.91 Å². The van der Waals surface area contributed by atoms with Crippen molar-refractivity contribution in [2.24, 2.45) is 11.8 Å². The van der Waals surface area contributed by atoms with E-state index in [2.05, 4.69) is 29.7 Å². The van der Waals surface area contributed by atoms with Crippen LogP contribution in [0.4, 0.5) is 0 Å². The molecule has 1 aliphatic carbocycles. The van der Waals surface area contributed by atoms with Gasteiger partial charge in [0, 0.05) is 24.7 Å². The number of fused-ring (bicyclic) bond motifs is 1. The molecule has 0 aromatic heterocycles. The Morgan fingerprint density at radius 3 is 2.28 bits per heavy atom. The number of aryl methyl sites for hydroxylation is 3. The number of carbonyl (C=O) groups is 1. The predicted molar refractivity (Wildman–Crippen MR) is 71.8 cm³/mol. The third-order valence-electron chi connectivity index (χ3n) is 4.29. The first-order chi connectivity index (χ1) is 8.58. The van der Waals surface area contributed by atoms with Crippen molar-refractivity contribution in [2.75, 3.05) is 13.1 Å². The van der Waals surface area contributed by atoms with Gasteiger partial charge in [-0.2, -0.15) is 0 Å². The van der Waals surface area contributed by atoms with Gasteiger partial charge in [-0.15, -0.1) is 0 Å². The second-order valence-corrected chi connectivity index (χ2v) is 5.76. The summed E-state index contributed by atoms with van der Waals surface area (Å²) in [6.45, 7) is 8.22. The number of carbonyl (C=O) groups excluding carboxylic acids is 1. The molecule has 2 fully saturated rings. The summed E-state index contributed by atoms with van der Waals surface area (Å²) < 4.78 is 0. The molecule has 0 radical (unpaired) electrons. The monoisotopic (exact) mass is 244 g/mol. The number of rotatable bonds is 2. The smallest absolute Gasteiger partial charge is 0.252 e. The molecule has 18 heavy (non-hydrogen) atoms. The number of piperidine rings is 1. The summed E-state index contributed by atoms with van der Waals surface area (Å²) in [5.74, 6) is 1.43. The topological polar surface area (TPSA) is 41.1 Å². The minimum atomic E-state index is 0.101. The van der Waals surface area contributed by atoms with Crippen LogP contribution in [0.5, 0.6) is 0 Å². The van der Waals surface area contributed by atoms with Gasteiger partial charge in [0.1, 0.15) is 0 Å². The Morgan fingerprint density at radius 1 is 1.17 bits per heavy atom. The summed E-state index contributed by atoms with van der Waals surface area (Å²) in [6, 6.07) is 4.56. The highest BCUT2D eigenvalue weighted by Gasteiger charge is 2.53. The van der Waals surface area contributed by atoms with E-state index in [9.17, 15) is 4.79 Å². The van der Waals surface area contributed by atoms with Crippen molar-refractivity contribution in [3.63, 3.8) is 0 Å². The number of hydrogen-bond donors (Lipinski definition) is 2. The van der Waals surface area contributed by atoms with E-state index in [1.54, 1.807) is 0 Å². The highest BCUT2D eigenvalue weighted by molar-refractivity contribution is 5.97. The molecule has 1 aromatic carbocycles. The Morgan fingerprint density at radius 2 is 1.72 bits per heavy atom. The Balaban J connectivity index is 1.77. The van der Waals surface area contributed by atoms with Gasteiger partial charge in [-0.1, -0.05) is 17.7 Å². The van der Waals surface area contributed by atoms with Crippen molar-refractivity contribution in [3.8, 4) is 0 Å². The summed E-state index contributed by atoms with van der Waals surface area (Å²) in [5.41, 5.74) is 4.23. The van der Waals surface area contributed by atoms with E-state index in [1.165, 1.54) is 5.56 Å². The summed E-state index contributed by atoms with van der Waals surface area (Å²) in [7, 11) is 0. The van der Waals surface area contributed by atoms with Crippen LogP contribution in [-0.2, 0) is 0 Å². The number of nitrogens with one attached hydrogen (secondary N) is 2. The average molecular weight is 244 g/mol. The molecule has 2 atom stereocenters. The maximum Gasteiger partial charge on any atom is 0.252 e. The van der Waals surface area contributed by atoms with Crippen molar-refractivity contribution in [1.82, 2.24) is 10.6 Å². The van der Waals surface area contributed by atoms with E-state index >= 15 is 0 Å². The molecule has 1 heterocycles. The predicted octanol–water partition coefficient (Wildman–Crippen LogP) is 1.56. The van der Waals surface area contributed by atoms with Crippen LogP contribution in [0.3, 0.4) is 0 Å². The molecule has 1 aliphatic heterocycles. The zero-order chi connectivity index (χ0) is 12.9.